The Morgan fingerprint density at radius 1 is 0.586 bits per heavy atom. The van der Waals surface area contributed by atoms with Crippen molar-refractivity contribution in [2.45, 2.75) is 6.92 Å². The van der Waals surface area contributed by atoms with Crippen molar-refractivity contribution in [3.63, 3.8) is 0 Å². The van der Waals surface area contributed by atoms with Gasteiger partial charge in [0.15, 0.2) is 0 Å². The lowest BCUT2D eigenvalue weighted by Gasteiger charge is -2.16. The Balaban J connectivity index is 0.000000146. The van der Waals surface area contributed by atoms with Crippen LogP contribution in [-0.4, -0.2) is 43.3 Å². The lowest BCUT2D eigenvalue weighted by atomic mass is 9.99. The summed E-state index contributed by atoms with van der Waals surface area (Å²) >= 11 is 1.46. The topological polar surface area (TPSA) is 124 Å². The number of nitrogens with one attached hydrogen (secondary N) is 2. The third-order valence-electron chi connectivity index (χ3n) is 13.6. The number of aromatic nitrogens is 9. The fourth-order valence-corrected chi connectivity index (χ4v) is 11.2. The summed E-state index contributed by atoms with van der Waals surface area (Å²) in [7, 11) is 2.10. The first-order valence-corrected chi connectivity index (χ1v) is 23.8. The average molecular weight is 926 g/mol. The van der Waals surface area contributed by atoms with Crippen LogP contribution in [0, 0.1) is 6.92 Å². The van der Waals surface area contributed by atoms with Gasteiger partial charge in [0.1, 0.15) is 28.9 Å². The van der Waals surface area contributed by atoms with Crippen LogP contribution < -0.4 is 0 Å². The summed E-state index contributed by atoms with van der Waals surface area (Å²) in [6, 6.07) is 57.9. The number of hydrogen-bond acceptors (Lipinski definition) is 7. The van der Waals surface area contributed by atoms with Crippen molar-refractivity contribution in [3.8, 4) is 56.5 Å². The lowest BCUT2D eigenvalue weighted by Crippen LogP contribution is -2.03. The standard InChI is InChI=1S/C38H26N4O.C20H13N5OS/c1-40-22-20-29-32(40)16-9-17-33(29)42-34-24-26(37-39-21-23-43-37)18-19-30(34)35-31-15-8-14-28(25-10-4-2-5-11-25)36(31)41(38(35)42)27-12-6-3-7-13-27;1-10-19(24-26-23-10)12-5-3-7-15-17(12)18-16-11(13-8-9-27-25-13)4-2-6-14(16)21-20(18)22-15/h2-24H,1H3;2-9,21-22H,1H3. The SMILES string of the molecule is Cc1nonc1-c1cccc2[nH]c3[nH]c4cccc(-c5ccsn5)c4c3c12.Cn1ccc2c(-n3c4cc(-c5ncco5)ccc4c4c5cccc(-c6ccccc6)c5n(-c5ccccc5)c43)cccc21. The van der Waals surface area contributed by atoms with Gasteiger partial charge in [0.2, 0.25) is 5.89 Å². The van der Waals surface area contributed by atoms with Crippen molar-refractivity contribution in [3.05, 3.63) is 194 Å². The Bertz CT molecular complexity index is 4440. The first-order valence-electron chi connectivity index (χ1n) is 23.0. The second kappa shape index (κ2) is 15.7. The van der Waals surface area contributed by atoms with Crippen LogP contribution in [0.15, 0.2) is 197 Å². The third-order valence-corrected chi connectivity index (χ3v) is 14.2. The van der Waals surface area contributed by atoms with Crippen LogP contribution in [0.3, 0.4) is 0 Å². The molecule has 0 radical (unpaired) electrons. The Hall–Kier alpha value is -9.26. The van der Waals surface area contributed by atoms with E-state index in [0.717, 1.165) is 89.2 Å². The van der Waals surface area contributed by atoms with Crippen molar-refractivity contribution in [2.24, 2.45) is 7.05 Å². The van der Waals surface area contributed by atoms with Gasteiger partial charge in [0.05, 0.1) is 28.6 Å². The number of nitrogens with zero attached hydrogens (tertiary/aromatic N) is 7. The fraction of sp³-hybridized carbons (Fsp3) is 0.0345. The molecule has 0 aliphatic rings. The molecule has 0 bridgehead atoms. The number of hydrogen-bond donors (Lipinski definition) is 2. The summed E-state index contributed by atoms with van der Waals surface area (Å²) in [4.78, 5) is 11.5. The number of para-hydroxylation sites is 2. The largest absolute Gasteiger partial charge is 0.445 e. The third kappa shape index (κ3) is 5.99. The van der Waals surface area contributed by atoms with Gasteiger partial charge >= 0.3 is 0 Å². The highest BCUT2D eigenvalue weighted by molar-refractivity contribution is 7.03. The number of aromatic amines is 2. The van der Waals surface area contributed by atoms with E-state index in [0.29, 0.717) is 5.89 Å². The molecule has 15 rings (SSSR count). The molecule has 8 aromatic heterocycles. The molecule has 2 N–H and O–H groups in total. The van der Waals surface area contributed by atoms with Gasteiger partial charge in [0.25, 0.3) is 0 Å². The van der Waals surface area contributed by atoms with E-state index in [-0.39, 0.29) is 0 Å². The minimum atomic E-state index is 0.611. The van der Waals surface area contributed by atoms with Crippen LogP contribution in [0.25, 0.3) is 133 Å². The average Bonchev–Trinajstić information content (AvgIpc) is 4.27. The van der Waals surface area contributed by atoms with E-state index in [1.807, 2.05) is 18.4 Å². The molecule has 0 spiro atoms. The number of fused-ring (bicyclic) bond motifs is 11. The van der Waals surface area contributed by atoms with Crippen LogP contribution in [0.5, 0.6) is 0 Å². The normalized spacial score (nSPS) is 11.9. The van der Waals surface area contributed by atoms with Crippen molar-refractivity contribution in [1.82, 2.24) is 43.3 Å². The summed E-state index contributed by atoms with van der Waals surface area (Å²) in [5.74, 6) is 0.611. The summed E-state index contributed by atoms with van der Waals surface area (Å²) in [6.45, 7) is 1.91. The van der Waals surface area contributed by atoms with Crippen LogP contribution in [0.4, 0.5) is 0 Å². The van der Waals surface area contributed by atoms with Crippen LogP contribution in [0.2, 0.25) is 0 Å². The number of aryl methyl sites for hydroxylation is 2. The summed E-state index contributed by atoms with van der Waals surface area (Å²) < 4.78 is 22.3. The van der Waals surface area contributed by atoms with E-state index in [9.17, 15) is 0 Å². The van der Waals surface area contributed by atoms with Crippen molar-refractivity contribution in [1.29, 1.82) is 0 Å². The van der Waals surface area contributed by atoms with Gasteiger partial charge in [-0.1, -0.05) is 108 Å². The van der Waals surface area contributed by atoms with Gasteiger partial charge in [-0.25, -0.2) is 9.61 Å². The Labute approximate surface area is 402 Å². The predicted molar refractivity (Wildman–Crippen MR) is 282 cm³/mol. The number of oxazole rings is 1. The molecule has 0 aliphatic heterocycles. The molecule has 0 aliphatic carbocycles. The van der Waals surface area contributed by atoms with Crippen molar-refractivity contribution in [2.75, 3.05) is 0 Å². The maximum atomic E-state index is 5.74. The monoisotopic (exact) mass is 925 g/mol. The number of H-pyrrole nitrogens is 2. The highest BCUT2D eigenvalue weighted by atomic mass is 32.1. The van der Waals surface area contributed by atoms with Gasteiger partial charge in [-0.3, -0.25) is 9.13 Å². The van der Waals surface area contributed by atoms with E-state index in [2.05, 4.69) is 214 Å². The van der Waals surface area contributed by atoms with Gasteiger partial charge in [-0.2, -0.15) is 4.37 Å². The highest BCUT2D eigenvalue weighted by Crippen LogP contribution is 2.46. The van der Waals surface area contributed by atoms with Gasteiger partial charge in [0, 0.05) is 101 Å². The zero-order valence-corrected chi connectivity index (χ0v) is 38.6. The molecule has 334 valence electrons. The van der Waals surface area contributed by atoms with Crippen LogP contribution in [-0.2, 0) is 7.05 Å². The molecular formula is C58H39N9O2S. The first-order chi connectivity index (χ1) is 34.6. The zero-order valence-electron chi connectivity index (χ0n) is 37.8. The Kier molecular flexibility index (Phi) is 8.92. The molecule has 0 amide bonds. The zero-order chi connectivity index (χ0) is 46.5. The molecule has 11 nitrogen and oxygen atoms in total. The maximum Gasteiger partial charge on any atom is 0.225 e. The molecule has 70 heavy (non-hydrogen) atoms. The minimum Gasteiger partial charge on any atom is -0.445 e. The Morgan fingerprint density at radius 2 is 1.34 bits per heavy atom. The van der Waals surface area contributed by atoms with E-state index < -0.39 is 0 Å². The van der Waals surface area contributed by atoms with Gasteiger partial charge < -0.3 is 19.0 Å². The molecule has 12 heteroatoms. The van der Waals surface area contributed by atoms with Crippen molar-refractivity contribution >= 4 is 88.1 Å². The summed E-state index contributed by atoms with van der Waals surface area (Å²) in [6.07, 6.45) is 5.46. The summed E-state index contributed by atoms with van der Waals surface area (Å²) in [5, 5.41) is 18.3. The molecular weight excluding hydrogens is 887 g/mol. The lowest BCUT2D eigenvalue weighted by molar-refractivity contribution is 0.306. The first kappa shape index (κ1) is 39.9. The molecule has 7 aromatic carbocycles. The van der Waals surface area contributed by atoms with Crippen LogP contribution >= 0.6 is 11.5 Å². The summed E-state index contributed by atoms with van der Waals surface area (Å²) in [5.41, 5.74) is 17.9. The molecule has 0 saturated heterocycles. The quantitative estimate of drug-likeness (QED) is 0.171. The number of rotatable bonds is 6. The number of benzene rings is 7. The van der Waals surface area contributed by atoms with Gasteiger partial charge in [-0.05, 0) is 89.8 Å². The predicted octanol–water partition coefficient (Wildman–Crippen LogP) is 14.8. The Morgan fingerprint density at radius 3 is 2.10 bits per heavy atom. The van der Waals surface area contributed by atoms with Crippen molar-refractivity contribution < 1.29 is 9.05 Å². The van der Waals surface area contributed by atoms with E-state index >= 15 is 0 Å². The van der Waals surface area contributed by atoms with E-state index in [1.165, 1.54) is 55.2 Å². The van der Waals surface area contributed by atoms with E-state index in [4.69, 9.17) is 9.05 Å². The second-order valence-electron chi connectivity index (χ2n) is 17.5. The van der Waals surface area contributed by atoms with Crippen LogP contribution in [0.1, 0.15) is 5.69 Å². The molecule has 8 heterocycles. The molecule has 0 fully saturated rings. The van der Waals surface area contributed by atoms with Gasteiger partial charge in [-0.15, -0.1) is 0 Å². The molecule has 0 unspecified atom stereocenters. The highest BCUT2D eigenvalue weighted by Gasteiger charge is 2.26. The maximum absolute atomic E-state index is 5.74. The fourth-order valence-electron chi connectivity index (χ4n) is 10.6. The minimum absolute atomic E-state index is 0.611. The molecule has 0 atom stereocenters. The van der Waals surface area contributed by atoms with E-state index in [1.54, 1.807) is 12.5 Å². The smallest absolute Gasteiger partial charge is 0.225 e. The second-order valence-corrected chi connectivity index (χ2v) is 18.2. The molecule has 15 aromatic rings. The molecule has 0 saturated carbocycles.